The molecule has 5 nitrogen and oxygen atoms in total. The van der Waals surface area contributed by atoms with Crippen LogP contribution >= 0.6 is 0 Å². The number of nitrogens with one attached hydrogen (secondary N) is 2. The maximum Gasteiger partial charge on any atom is 0.165 e. The zero-order chi connectivity index (χ0) is 15.4. The van der Waals surface area contributed by atoms with E-state index in [0.29, 0.717) is 5.92 Å². The molecule has 1 atom stereocenters. The molecule has 23 heavy (non-hydrogen) atoms. The fourth-order valence-electron chi connectivity index (χ4n) is 5.16. The summed E-state index contributed by atoms with van der Waals surface area (Å²) < 4.78 is 0. The largest absolute Gasteiger partial charge is 0.312 e. The normalized spacial score (nSPS) is 36.7. The molecule has 2 bridgehead atoms. The highest BCUT2D eigenvalue weighted by molar-refractivity contribution is 5.50. The number of fused-ring (bicyclic) bond motifs is 3. The zero-order valence-electron chi connectivity index (χ0n) is 13.8. The number of hydrogen-bond acceptors (Lipinski definition) is 5. The molecule has 0 unspecified atom stereocenters. The van der Waals surface area contributed by atoms with Gasteiger partial charge in [0.15, 0.2) is 5.72 Å². The molecular weight excluding hydrogens is 288 g/mol. The second kappa shape index (κ2) is 5.18. The van der Waals surface area contributed by atoms with E-state index >= 15 is 0 Å². The van der Waals surface area contributed by atoms with Gasteiger partial charge in [0.1, 0.15) is 0 Å². The monoisotopic (exact) mass is 314 g/mol. The summed E-state index contributed by atoms with van der Waals surface area (Å²) in [5.41, 5.74) is 7.15. The van der Waals surface area contributed by atoms with Gasteiger partial charge in [-0.25, -0.2) is 5.12 Å². The summed E-state index contributed by atoms with van der Waals surface area (Å²) in [4.78, 5) is 6.23. The van der Waals surface area contributed by atoms with Crippen LogP contribution in [-0.4, -0.2) is 24.3 Å². The molecule has 2 N–H and O–H groups in total. The molecule has 4 fully saturated rings. The summed E-state index contributed by atoms with van der Waals surface area (Å²) >= 11 is 0. The van der Waals surface area contributed by atoms with E-state index in [0.717, 1.165) is 31.8 Å². The van der Waals surface area contributed by atoms with Crippen molar-refractivity contribution in [1.82, 2.24) is 15.9 Å². The lowest BCUT2D eigenvalue weighted by Gasteiger charge is -2.50. The minimum absolute atomic E-state index is 0.140. The van der Waals surface area contributed by atoms with Crippen LogP contribution in [0.2, 0.25) is 0 Å². The van der Waals surface area contributed by atoms with Gasteiger partial charge in [-0.15, -0.1) is 0 Å². The Morgan fingerprint density at radius 2 is 2.04 bits per heavy atom. The molecular formula is C18H26N4O. The Hall–Kier alpha value is -1.14. The fourth-order valence-corrected chi connectivity index (χ4v) is 5.16. The SMILES string of the molecule is CN1N(c2ccc3c(c2)CCNC3)NO[C@@]12CC1CCC2CC1. The first kappa shape index (κ1) is 14.2. The molecule has 6 rings (SSSR count). The van der Waals surface area contributed by atoms with E-state index in [4.69, 9.17) is 4.84 Å². The van der Waals surface area contributed by atoms with Crippen molar-refractivity contribution in [3.8, 4) is 0 Å². The molecule has 1 aromatic rings. The highest BCUT2D eigenvalue weighted by atomic mass is 16.8. The van der Waals surface area contributed by atoms with Gasteiger partial charge in [0, 0.05) is 19.5 Å². The van der Waals surface area contributed by atoms with Crippen molar-refractivity contribution >= 4 is 5.69 Å². The Kier molecular flexibility index (Phi) is 3.20. The molecule has 5 aliphatic rings. The number of hydrazine groups is 2. The first-order valence-electron chi connectivity index (χ1n) is 9.06. The van der Waals surface area contributed by atoms with Gasteiger partial charge in [-0.2, -0.15) is 5.01 Å². The van der Waals surface area contributed by atoms with Gasteiger partial charge in [-0.05, 0) is 74.2 Å². The average molecular weight is 314 g/mol. The van der Waals surface area contributed by atoms with Crippen LogP contribution in [0, 0.1) is 11.8 Å². The quantitative estimate of drug-likeness (QED) is 0.832. The second-order valence-electron chi connectivity index (χ2n) is 7.68. The maximum atomic E-state index is 6.23. The van der Waals surface area contributed by atoms with Gasteiger partial charge in [0.25, 0.3) is 0 Å². The van der Waals surface area contributed by atoms with Crippen LogP contribution in [-0.2, 0) is 17.8 Å². The van der Waals surface area contributed by atoms with E-state index in [1.54, 1.807) is 0 Å². The standard InChI is InChI=1S/C18H26N4O/c1-21-18(11-13-2-5-16(18)6-3-13)23-20-22(21)17-7-4-15-12-19-9-8-14(15)10-17/h4,7,10,13,16,19-20H,2-3,5-6,8-9,11-12H2,1H3/t13?,16?,18-/m1/s1. The van der Waals surface area contributed by atoms with Gasteiger partial charge in [0.2, 0.25) is 0 Å². The summed E-state index contributed by atoms with van der Waals surface area (Å²) in [6.45, 7) is 2.06. The van der Waals surface area contributed by atoms with Crippen molar-refractivity contribution in [3.63, 3.8) is 0 Å². The maximum absolute atomic E-state index is 6.23. The first-order valence-corrected chi connectivity index (χ1v) is 9.06. The van der Waals surface area contributed by atoms with Crippen LogP contribution in [0.25, 0.3) is 0 Å². The third-order valence-corrected chi connectivity index (χ3v) is 6.54. The second-order valence-corrected chi connectivity index (χ2v) is 7.68. The van der Waals surface area contributed by atoms with Crippen molar-refractivity contribution in [1.29, 1.82) is 0 Å². The molecule has 1 aromatic carbocycles. The Labute approximate surface area is 137 Å². The molecule has 124 valence electrons. The van der Waals surface area contributed by atoms with Gasteiger partial charge >= 0.3 is 0 Å². The lowest BCUT2D eigenvalue weighted by Crippen LogP contribution is -2.58. The fraction of sp³-hybridized carbons (Fsp3) is 0.667. The molecule has 2 aliphatic heterocycles. The smallest absolute Gasteiger partial charge is 0.165 e. The number of nitrogens with zero attached hydrogens (tertiary/aromatic N) is 2. The van der Waals surface area contributed by atoms with Crippen molar-refractivity contribution in [2.45, 2.75) is 50.8 Å². The van der Waals surface area contributed by atoms with Crippen molar-refractivity contribution < 1.29 is 4.84 Å². The van der Waals surface area contributed by atoms with E-state index in [-0.39, 0.29) is 5.72 Å². The lowest BCUT2D eigenvalue weighted by atomic mass is 9.65. The summed E-state index contributed by atoms with van der Waals surface area (Å²) in [5.74, 6) is 1.48. The topological polar surface area (TPSA) is 39.8 Å². The lowest BCUT2D eigenvalue weighted by molar-refractivity contribution is -0.193. The van der Waals surface area contributed by atoms with Crippen molar-refractivity contribution in [3.05, 3.63) is 29.3 Å². The van der Waals surface area contributed by atoms with E-state index in [1.807, 2.05) is 0 Å². The number of benzene rings is 1. The minimum Gasteiger partial charge on any atom is -0.312 e. The Bertz CT molecular complexity index is 613. The minimum atomic E-state index is -0.140. The molecule has 0 amide bonds. The predicted octanol–water partition coefficient (Wildman–Crippen LogP) is 2.34. The number of anilines is 1. The zero-order valence-corrected chi connectivity index (χ0v) is 13.8. The molecule has 1 spiro atoms. The van der Waals surface area contributed by atoms with Gasteiger partial charge in [0.05, 0.1) is 5.69 Å². The Morgan fingerprint density at radius 3 is 2.83 bits per heavy atom. The third-order valence-electron chi connectivity index (χ3n) is 6.54. The highest BCUT2D eigenvalue weighted by Crippen LogP contribution is 2.52. The molecule has 2 heterocycles. The first-order chi connectivity index (χ1) is 11.3. The van der Waals surface area contributed by atoms with Crippen LogP contribution in [0.1, 0.15) is 43.2 Å². The van der Waals surface area contributed by atoms with E-state index in [2.05, 4.69) is 46.3 Å². The average Bonchev–Trinajstić information content (AvgIpc) is 2.92. The van der Waals surface area contributed by atoms with Crippen LogP contribution < -0.4 is 16.0 Å². The van der Waals surface area contributed by atoms with Gasteiger partial charge < -0.3 is 5.32 Å². The van der Waals surface area contributed by atoms with E-state index < -0.39 is 0 Å². The molecule has 3 aliphatic carbocycles. The van der Waals surface area contributed by atoms with Crippen LogP contribution in [0.5, 0.6) is 0 Å². The molecule has 5 heteroatoms. The van der Waals surface area contributed by atoms with E-state index in [1.165, 1.54) is 42.5 Å². The summed E-state index contributed by atoms with van der Waals surface area (Å²) in [5, 5.41) is 7.88. The third kappa shape index (κ3) is 2.07. The van der Waals surface area contributed by atoms with Crippen molar-refractivity contribution in [2.75, 3.05) is 18.7 Å². The summed E-state index contributed by atoms with van der Waals surface area (Å²) in [6.07, 6.45) is 7.65. The van der Waals surface area contributed by atoms with Crippen LogP contribution in [0.4, 0.5) is 5.69 Å². The predicted molar refractivity (Wildman–Crippen MR) is 89.1 cm³/mol. The summed E-state index contributed by atoms with van der Waals surface area (Å²) in [7, 11) is 2.18. The molecule has 3 saturated carbocycles. The molecule has 0 aromatic heterocycles. The Morgan fingerprint density at radius 1 is 1.17 bits per heavy atom. The van der Waals surface area contributed by atoms with Crippen LogP contribution in [0.15, 0.2) is 18.2 Å². The number of rotatable bonds is 1. The Balaban J connectivity index is 1.44. The van der Waals surface area contributed by atoms with Crippen molar-refractivity contribution in [2.24, 2.45) is 11.8 Å². The van der Waals surface area contributed by atoms with Gasteiger partial charge in [-0.3, -0.25) is 4.84 Å². The highest BCUT2D eigenvalue weighted by Gasteiger charge is 2.56. The summed E-state index contributed by atoms with van der Waals surface area (Å²) in [6, 6.07) is 6.78. The molecule has 1 saturated heterocycles. The number of hydrogen-bond donors (Lipinski definition) is 2. The van der Waals surface area contributed by atoms with Crippen LogP contribution in [0.3, 0.4) is 0 Å². The van der Waals surface area contributed by atoms with E-state index in [9.17, 15) is 0 Å². The van der Waals surface area contributed by atoms with Gasteiger partial charge in [-0.1, -0.05) is 11.7 Å². The molecule has 0 radical (unpaired) electrons.